The fraction of sp³-hybridized carbons (Fsp3) is 0.357. The molecule has 96 valence electrons. The van der Waals surface area contributed by atoms with Crippen molar-refractivity contribution in [2.24, 2.45) is 0 Å². The van der Waals surface area contributed by atoms with E-state index >= 15 is 0 Å². The zero-order valence-corrected chi connectivity index (χ0v) is 10.2. The van der Waals surface area contributed by atoms with Crippen molar-refractivity contribution in [1.82, 2.24) is 0 Å². The molecule has 0 fully saturated rings. The number of carbonyl (C=O) groups excluding carboxylic acids is 1. The molecule has 0 amide bonds. The summed E-state index contributed by atoms with van der Waals surface area (Å²) >= 11 is 0. The van der Waals surface area contributed by atoms with Crippen molar-refractivity contribution in [3.8, 4) is 0 Å². The van der Waals surface area contributed by atoms with Gasteiger partial charge in [-0.1, -0.05) is 12.1 Å². The van der Waals surface area contributed by atoms with Gasteiger partial charge in [-0.2, -0.15) is 0 Å². The minimum atomic E-state index is -0.373. The van der Waals surface area contributed by atoms with Crippen LogP contribution in [0.3, 0.4) is 0 Å². The fourth-order valence-electron chi connectivity index (χ4n) is 1.98. The summed E-state index contributed by atoms with van der Waals surface area (Å²) in [5.41, 5.74) is 0.902. The monoisotopic (exact) mass is 250 g/mol. The third kappa shape index (κ3) is 3.32. The Balaban J connectivity index is 1.91. The van der Waals surface area contributed by atoms with E-state index in [1.807, 2.05) is 6.07 Å². The number of hydrogen-bond acceptors (Lipinski definition) is 3. The highest BCUT2D eigenvalue weighted by Crippen LogP contribution is 2.20. The van der Waals surface area contributed by atoms with Crippen LogP contribution >= 0.6 is 0 Å². The molecule has 0 saturated heterocycles. The van der Waals surface area contributed by atoms with Crippen LogP contribution in [-0.2, 0) is 20.7 Å². The molecular formula is C14H15FO3. The van der Waals surface area contributed by atoms with Crippen molar-refractivity contribution in [2.45, 2.75) is 25.4 Å². The van der Waals surface area contributed by atoms with Crippen LogP contribution in [0.15, 0.2) is 36.1 Å². The molecule has 1 aliphatic rings. The third-order valence-corrected chi connectivity index (χ3v) is 2.90. The second kappa shape index (κ2) is 5.67. The number of ether oxygens (including phenoxy) is 2. The van der Waals surface area contributed by atoms with E-state index in [4.69, 9.17) is 9.47 Å². The van der Waals surface area contributed by atoms with Gasteiger partial charge in [-0.25, -0.2) is 9.18 Å². The van der Waals surface area contributed by atoms with Crippen molar-refractivity contribution < 1.29 is 18.7 Å². The second-order valence-corrected chi connectivity index (χ2v) is 4.25. The molecular weight excluding hydrogens is 235 g/mol. The molecule has 4 heteroatoms. The Morgan fingerprint density at radius 3 is 3.06 bits per heavy atom. The molecule has 0 spiro atoms. The first kappa shape index (κ1) is 12.6. The molecule has 3 nitrogen and oxygen atoms in total. The van der Waals surface area contributed by atoms with Gasteiger partial charge in [0.1, 0.15) is 17.7 Å². The zero-order chi connectivity index (χ0) is 13.0. The van der Waals surface area contributed by atoms with E-state index in [9.17, 15) is 9.18 Å². The van der Waals surface area contributed by atoms with Gasteiger partial charge in [-0.05, 0) is 30.5 Å². The van der Waals surface area contributed by atoms with Gasteiger partial charge in [0, 0.05) is 6.42 Å². The Morgan fingerprint density at radius 1 is 1.50 bits per heavy atom. The van der Waals surface area contributed by atoms with Crippen molar-refractivity contribution in [3.63, 3.8) is 0 Å². The average Bonchev–Trinajstić information content (AvgIpc) is 2.36. The van der Waals surface area contributed by atoms with Gasteiger partial charge in [0.25, 0.3) is 0 Å². The van der Waals surface area contributed by atoms with E-state index in [1.54, 1.807) is 6.07 Å². The number of cyclic esters (lactones) is 1. The van der Waals surface area contributed by atoms with Crippen LogP contribution < -0.4 is 0 Å². The molecule has 0 aliphatic carbocycles. The van der Waals surface area contributed by atoms with Gasteiger partial charge in [0.15, 0.2) is 0 Å². The molecule has 0 saturated carbocycles. The molecule has 0 radical (unpaired) electrons. The van der Waals surface area contributed by atoms with Crippen molar-refractivity contribution in [1.29, 1.82) is 0 Å². The molecule has 0 aromatic heterocycles. The number of benzene rings is 1. The van der Waals surface area contributed by atoms with Crippen molar-refractivity contribution in [2.75, 3.05) is 7.11 Å². The maximum Gasteiger partial charge on any atom is 0.334 e. The standard InChI is InChI=1S/C14H15FO3/c1-17-13-8-12(18-14(16)9-13)6-5-10-3-2-4-11(15)7-10/h2-4,7,9,12H,5-6,8H2,1H3/t12-/m0/s1. The largest absolute Gasteiger partial charge is 0.501 e. The number of carbonyl (C=O) groups is 1. The molecule has 0 unspecified atom stereocenters. The van der Waals surface area contributed by atoms with E-state index in [0.717, 1.165) is 5.56 Å². The van der Waals surface area contributed by atoms with E-state index in [-0.39, 0.29) is 17.9 Å². The number of esters is 1. The van der Waals surface area contributed by atoms with E-state index in [1.165, 1.54) is 25.3 Å². The Bertz CT molecular complexity index is 468. The van der Waals surface area contributed by atoms with E-state index < -0.39 is 0 Å². The summed E-state index contributed by atoms with van der Waals surface area (Å²) in [6.07, 6.45) is 3.08. The van der Waals surface area contributed by atoms with E-state index in [0.29, 0.717) is 25.0 Å². The van der Waals surface area contributed by atoms with Gasteiger partial charge in [0.05, 0.1) is 13.2 Å². The number of hydrogen-bond donors (Lipinski definition) is 0. The van der Waals surface area contributed by atoms with Crippen molar-refractivity contribution >= 4 is 5.97 Å². The lowest BCUT2D eigenvalue weighted by Crippen LogP contribution is -2.23. The first-order valence-electron chi connectivity index (χ1n) is 5.87. The van der Waals surface area contributed by atoms with Crippen molar-refractivity contribution in [3.05, 3.63) is 47.5 Å². The summed E-state index contributed by atoms with van der Waals surface area (Å²) in [6.45, 7) is 0. The Labute approximate surface area is 105 Å². The molecule has 1 aromatic rings. The van der Waals surface area contributed by atoms with Crippen LogP contribution in [0.25, 0.3) is 0 Å². The molecule has 1 aliphatic heterocycles. The Kier molecular flexibility index (Phi) is 3.97. The zero-order valence-electron chi connectivity index (χ0n) is 10.2. The summed E-state index contributed by atoms with van der Waals surface area (Å²) in [5.74, 6) is 0.0171. The molecule has 1 aromatic carbocycles. The van der Waals surface area contributed by atoms with Gasteiger partial charge < -0.3 is 9.47 Å². The highest BCUT2D eigenvalue weighted by atomic mass is 19.1. The highest BCUT2D eigenvalue weighted by Gasteiger charge is 2.21. The molecule has 18 heavy (non-hydrogen) atoms. The quantitative estimate of drug-likeness (QED) is 0.770. The highest BCUT2D eigenvalue weighted by molar-refractivity contribution is 5.83. The predicted octanol–water partition coefficient (Wildman–Crippen LogP) is 2.60. The van der Waals surface area contributed by atoms with Gasteiger partial charge in [-0.15, -0.1) is 0 Å². The molecule has 0 bridgehead atoms. The Hall–Kier alpha value is -1.84. The van der Waals surface area contributed by atoms with E-state index in [2.05, 4.69) is 0 Å². The van der Waals surface area contributed by atoms with Crippen LogP contribution in [0.5, 0.6) is 0 Å². The average molecular weight is 250 g/mol. The molecule has 1 atom stereocenters. The molecule has 2 rings (SSSR count). The summed E-state index contributed by atoms with van der Waals surface area (Å²) in [6, 6.07) is 6.45. The summed E-state index contributed by atoms with van der Waals surface area (Å²) < 4.78 is 23.2. The third-order valence-electron chi connectivity index (χ3n) is 2.90. The minimum Gasteiger partial charge on any atom is -0.501 e. The van der Waals surface area contributed by atoms with Crippen LogP contribution in [0.1, 0.15) is 18.4 Å². The second-order valence-electron chi connectivity index (χ2n) is 4.25. The first-order valence-corrected chi connectivity index (χ1v) is 5.87. The lowest BCUT2D eigenvalue weighted by Gasteiger charge is -2.22. The van der Waals surface area contributed by atoms with Crippen LogP contribution in [0.4, 0.5) is 4.39 Å². The predicted molar refractivity (Wildman–Crippen MR) is 64.3 cm³/mol. The topological polar surface area (TPSA) is 35.5 Å². The van der Waals surface area contributed by atoms with Gasteiger partial charge in [0.2, 0.25) is 0 Å². The number of halogens is 1. The van der Waals surface area contributed by atoms with Gasteiger partial charge >= 0.3 is 5.97 Å². The van der Waals surface area contributed by atoms with Crippen LogP contribution in [0, 0.1) is 5.82 Å². The SMILES string of the molecule is COC1=CC(=O)O[C@@H](CCc2cccc(F)c2)C1. The smallest absolute Gasteiger partial charge is 0.334 e. The maximum atomic E-state index is 13.0. The van der Waals surface area contributed by atoms with Crippen LogP contribution in [0.2, 0.25) is 0 Å². The summed E-state index contributed by atoms with van der Waals surface area (Å²) in [4.78, 5) is 11.3. The molecule has 0 N–H and O–H groups in total. The lowest BCUT2D eigenvalue weighted by molar-refractivity contribution is -0.145. The minimum absolute atomic E-state index is 0.194. The first-order chi connectivity index (χ1) is 8.67. The summed E-state index contributed by atoms with van der Waals surface area (Å²) in [5, 5.41) is 0. The fourth-order valence-corrected chi connectivity index (χ4v) is 1.98. The number of rotatable bonds is 4. The Morgan fingerprint density at radius 2 is 2.33 bits per heavy atom. The number of methoxy groups -OCH3 is 1. The maximum absolute atomic E-state index is 13.0. The normalized spacial score (nSPS) is 19.1. The van der Waals surface area contributed by atoms with Gasteiger partial charge in [-0.3, -0.25) is 0 Å². The lowest BCUT2D eigenvalue weighted by atomic mass is 10.0. The van der Waals surface area contributed by atoms with Crippen LogP contribution in [-0.4, -0.2) is 19.2 Å². The summed E-state index contributed by atoms with van der Waals surface area (Å²) in [7, 11) is 1.54. The number of aryl methyl sites for hydroxylation is 1. The molecule has 1 heterocycles.